The van der Waals surface area contributed by atoms with Crippen molar-refractivity contribution in [2.45, 2.75) is 20.3 Å². The van der Waals surface area contributed by atoms with Crippen LogP contribution in [0.3, 0.4) is 0 Å². The molecule has 0 aliphatic carbocycles. The van der Waals surface area contributed by atoms with Crippen LogP contribution in [-0.2, 0) is 4.74 Å². The molecule has 1 heterocycles. The number of ether oxygens (including phenoxy) is 1. The van der Waals surface area contributed by atoms with E-state index in [1.807, 2.05) is 0 Å². The van der Waals surface area contributed by atoms with Crippen molar-refractivity contribution in [1.82, 2.24) is 15.3 Å². The number of benzene rings is 1. The first-order chi connectivity index (χ1) is 10.5. The molecule has 0 saturated carbocycles. The lowest BCUT2D eigenvalue weighted by molar-refractivity contribution is 0.0948. The van der Waals surface area contributed by atoms with Crippen molar-refractivity contribution in [2.24, 2.45) is 5.92 Å². The molecule has 0 radical (unpaired) electrons. The van der Waals surface area contributed by atoms with E-state index in [0.717, 1.165) is 6.42 Å². The topological polar surface area (TPSA) is 96.1 Å². The Morgan fingerprint density at radius 2 is 2.18 bits per heavy atom. The number of fused-ring (bicyclic) bond motifs is 1. The molecule has 2 aromatic rings. The van der Waals surface area contributed by atoms with Gasteiger partial charge in [0.15, 0.2) is 0 Å². The summed E-state index contributed by atoms with van der Waals surface area (Å²) < 4.78 is 4.50. The fraction of sp³-hybridized carbons (Fsp3) is 0.400. The lowest BCUT2D eigenvalue weighted by atomic mass is 10.1. The molecule has 1 unspecified atom stereocenters. The minimum atomic E-state index is -0.606. The highest BCUT2D eigenvalue weighted by Gasteiger charge is 2.11. The summed E-state index contributed by atoms with van der Waals surface area (Å²) in [4.78, 5) is 30.4. The van der Waals surface area contributed by atoms with E-state index in [2.05, 4.69) is 39.2 Å². The van der Waals surface area contributed by atoms with Crippen LogP contribution in [0.1, 0.15) is 30.6 Å². The summed E-state index contributed by atoms with van der Waals surface area (Å²) in [6.07, 6.45) is 0.410. The second-order valence-electron chi connectivity index (χ2n) is 5.16. The van der Waals surface area contributed by atoms with E-state index in [1.54, 1.807) is 18.2 Å². The molecule has 0 saturated heterocycles. The van der Waals surface area contributed by atoms with E-state index in [1.165, 1.54) is 7.11 Å². The molecule has 1 atom stereocenters. The summed E-state index contributed by atoms with van der Waals surface area (Å²) in [5.41, 5.74) is 1.87. The number of aromatic nitrogens is 2. The summed E-state index contributed by atoms with van der Waals surface area (Å²) in [5, 5.41) is 5.35. The van der Waals surface area contributed by atoms with Gasteiger partial charge in [-0.3, -0.25) is 10.1 Å². The van der Waals surface area contributed by atoms with Gasteiger partial charge in [-0.25, -0.2) is 9.78 Å². The van der Waals surface area contributed by atoms with E-state index >= 15 is 0 Å². The van der Waals surface area contributed by atoms with Crippen LogP contribution in [0, 0.1) is 5.92 Å². The van der Waals surface area contributed by atoms with Gasteiger partial charge in [0.2, 0.25) is 5.95 Å². The maximum absolute atomic E-state index is 12.1. The Bertz CT molecular complexity index is 680. The fourth-order valence-electron chi connectivity index (χ4n) is 1.87. The van der Waals surface area contributed by atoms with Gasteiger partial charge in [-0.1, -0.05) is 20.3 Å². The van der Waals surface area contributed by atoms with Gasteiger partial charge in [-0.2, -0.15) is 0 Å². The Kier molecular flexibility index (Phi) is 4.98. The van der Waals surface area contributed by atoms with Crippen molar-refractivity contribution in [3.05, 3.63) is 23.8 Å². The molecule has 2 amide bonds. The van der Waals surface area contributed by atoms with Gasteiger partial charge in [0, 0.05) is 12.1 Å². The molecular formula is C15H20N4O3. The molecule has 0 spiro atoms. The van der Waals surface area contributed by atoms with E-state index in [4.69, 9.17) is 0 Å². The van der Waals surface area contributed by atoms with Crippen LogP contribution in [0.2, 0.25) is 0 Å². The third kappa shape index (κ3) is 3.75. The predicted molar refractivity (Wildman–Crippen MR) is 83.9 cm³/mol. The summed E-state index contributed by atoms with van der Waals surface area (Å²) in [6, 6.07) is 5.14. The Hall–Kier alpha value is -2.57. The molecule has 0 fully saturated rings. The van der Waals surface area contributed by atoms with Crippen molar-refractivity contribution >= 4 is 29.0 Å². The van der Waals surface area contributed by atoms with Gasteiger partial charge in [-0.15, -0.1) is 0 Å². The number of carbonyl (C=O) groups is 2. The van der Waals surface area contributed by atoms with Gasteiger partial charge >= 0.3 is 6.09 Å². The summed E-state index contributed by atoms with van der Waals surface area (Å²) in [6.45, 7) is 4.82. The maximum atomic E-state index is 12.1. The number of hydrogen-bond donors (Lipinski definition) is 3. The van der Waals surface area contributed by atoms with Crippen LogP contribution >= 0.6 is 0 Å². The Morgan fingerprint density at radius 1 is 1.41 bits per heavy atom. The number of amides is 2. The molecule has 3 N–H and O–H groups in total. The first-order valence-electron chi connectivity index (χ1n) is 7.16. The molecule has 2 rings (SSSR count). The molecule has 118 valence electrons. The van der Waals surface area contributed by atoms with Crippen LogP contribution in [-0.4, -0.2) is 35.6 Å². The Morgan fingerprint density at radius 3 is 2.86 bits per heavy atom. The smallest absolute Gasteiger partial charge is 0.413 e. The zero-order chi connectivity index (χ0) is 16.1. The monoisotopic (exact) mass is 304 g/mol. The van der Waals surface area contributed by atoms with Crippen LogP contribution in [0.25, 0.3) is 11.0 Å². The largest absolute Gasteiger partial charge is 0.453 e. The third-order valence-corrected chi connectivity index (χ3v) is 3.46. The zero-order valence-electron chi connectivity index (χ0n) is 12.9. The first kappa shape index (κ1) is 15.8. The average Bonchev–Trinajstić information content (AvgIpc) is 2.92. The number of methoxy groups -OCH3 is 1. The molecule has 0 bridgehead atoms. The van der Waals surface area contributed by atoms with Crippen LogP contribution in [0.15, 0.2) is 18.2 Å². The molecular weight excluding hydrogens is 284 g/mol. The van der Waals surface area contributed by atoms with E-state index < -0.39 is 6.09 Å². The normalized spacial score (nSPS) is 12.0. The molecule has 1 aromatic carbocycles. The second-order valence-corrected chi connectivity index (χ2v) is 5.16. The highest BCUT2D eigenvalue weighted by Crippen LogP contribution is 2.16. The van der Waals surface area contributed by atoms with Crippen molar-refractivity contribution in [3.8, 4) is 0 Å². The quantitative estimate of drug-likeness (QED) is 0.790. The van der Waals surface area contributed by atoms with E-state index in [0.29, 0.717) is 29.1 Å². The minimum Gasteiger partial charge on any atom is -0.453 e. The summed E-state index contributed by atoms with van der Waals surface area (Å²) in [7, 11) is 1.28. The Balaban J connectivity index is 2.12. The molecule has 0 aliphatic heterocycles. The van der Waals surface area contributed by atoms with Gasteiger partial charge < -0.3 is 15.0 Å². The zero-order valence-corrected chi connectivity index (χ0v) is 12.9. The minimum absolute atomic E-state index is 0.126. The second kappa shape index (κ2) is 6.93. The number of aromatic amines is 1. The number of carbonyl (C=O) groups excluding carboxylic acids is 2. The van der Waals surface area contributed by atoms with Crippen LogP contribution in [0.5, 0.6) is 0 Å². The van der Waals surface area contributed by atoms with E-state index in [-0.39, 0.29) is 11.9 Å². The number of imidazole rings is 1. The lowest BCUT2D eigenvalue weighted by Crippen LogP contribution is -2.27. The maximum Gasteiger partial charge on any atom is 0.413 e. The van der Waals surface area contributed by atoms with E-state index in [9.17, 15) is 9.59 Å². The average molecular weight is 304 g/mol. The lowest BCUT2D eigenvalue weighted by Gasteiger charge is -2.09. The van der Waals surface area contributed by atoms with Crippen molar-refractivity contribution in [1.29, 1.82) is 0 Å². The highest BCUT2D eigenvalue weighted by atomic mass is 16.5. The number of anilines is 1. The third-order valence-electron chi connectivity index (χ3n) is 3.46. The SMILES string of the molecule is CCC(C)CNC(=O)c1ccc2nc(NC(=O)OC)[nH]c2c1. The van der Waals surface area contributed by atoms with Gasteiger partial charge in [0.1, 0.15) is 0 Å². The number of rotatable bonds is 5. The number of nitrogens with one attached hydrogen (secondary N) is 3. The summed E-state index contributed by atoms with van der Waals surface area (Å²) in [5.74, 6) is 0.592. The number of H-pyrrole nitrogens is 1. The standard InChI is InChI=1S/C15H20N4O3/c1-4-9(2)8-16-13(20)10-5-6-11-12(7-10)18-14(17-11)19-15(21)22-3/h5-7,9H,4,8H2,1-3H3,(H,16,20)(H2,17,18,19,21). The van der Waals surface area contributed by atoms with Gasteiger partial charge in [0.25, 0.3) is 5.91 Å². The summed E-state index contributed by atoms with van der Waals surface area (Å²) >= 11 is 0. The molecule has 1 aromatic heterocycles. The highest BCUT2D eigenvalue weighted by molar-refractivity contribution is 5.97. The first-order valence-corrected chi connectivity index (χ1v) is 7.16. The molecule has 0 aliphatic rings. The molecule has 7 nitrogen and oxygen atoms in total. The van der Waals surface area contributed by atoms with Crippen molar-refractivity contribution in [2.75, 3.05) is 19.0 Å². The van der Waals surface area contributed by atoms with Crippen molar-refractivity contribution < 1.29 is 14.3 Å². The molecule has 7 heteroatoms. The molecule has 22 heavy (non-hydrogen) atoms. The number of nitrogens with zero attached hydrogens (tertiary/aromatic N) is 1. The Labute approximate surface area is 128 Å². The fourth-order valence-corrected chi connectivity index (χ4v) is 1.87. The van der Waals surface area contributed by atoms with Gasteiger partial charge in [0.05, 0.1) is 18.1 Å². The predicted octanol–water partition coefficient (Wildman–Crippen LogP) is 2.52. The van der Waals surface area contributed by atoms with Crippen LogP contribution in [0.4, 0.5) is 10.7 Å². The number of hydrogen-bond acceptors (Lipinski definition) is 4. The van der Waals surface area contributed by atoms with Crippen LogP contribution < -0.4 is 10.6 Å². The van der Waals surface area contributed by atoms with Crippen molar-refractivity contribution in [3.63, 3.8) is 0 Å². The van der Waals surface area contributed by atoms with Gasteiger partial charge in [-0.05, 0) is 24.1 Å².